The van der Waals surface area contributed by atoms with Crippen LogP contribution in [0.5, 0.6) is 0 Å². The maximum absolute atomic E-state index is 12.5. The zero-order valence-electron chi connectivity index (χ0n) is 13.9. The summed E-state index contributed by atoms with van der Waals surface area (Å²) >= 11 is 0. The van der Waals surface area contributed by atoms with E-state index in [1.165, 1.54) is 0 Å². The van der Waals surface area contributed by atoms with E-state index < -0.39 is 0 Å². The lowest BCUT2D eigenvalue weighted by Gasteiger charge is -2.17. The molecular weight excluding hydrogens is 296 g/mol. The van der Waals surface area contributed by atoms with Crippen LogP contribution < -0.4 is 5.32 Å². The molecule has 8 nitrogen and oxygen atoms in total. The van der Waals surface area contributed by atoms with Crippen molar-refractivity contribution >= 4 is 11.7 Å². The van der Waals surface area contributed by atoms with Crippen LogP contribution in [-0.2, 0) is 0 Å². The Hall–Kier alpha value is -2.38. The minimum absolute atomic E-state index is 0.132. The molecule has 1 aliphatic rings. The highest BCUT2D eigenvalue weighted by Crippen LogP contribution is 2.29. The molecule has 0 saturated carbocycles. The van der Waals surface area contributed by atoms with E-state index in [1.54, 1.807) is 4.90 Å². The summed E-state index contributed by atoms with van der Waals surface area (Å²) in [6.07, 6.45) is 0.865. The number of rotatable bonds is 3. The Bertz CT molecular complexity index is 705. The van der Waals surface area contributed by atoms with E-state index in [2.05, 4.69) is 25.7 Å². The lowest BCUT2D eigenvalue weighted by molar-refractivity contribution is 0.222. The second-order valence-corrected chi connectivity index (χ2v) is 6.30. The number of hydrogen-bond donors (Lipinski definition) is 2. The predicted molar refractivity (Wildman–Crippen MR) is 84.4 cm³/mol. The highest BCUT2D eigenvalue weighted by molar-refractivity contribution is 5.90. The molecule has 2 N–H and O–H groups in total. The van der Waals surface area contributed by atoms with E-state index in [0.29, 0.717) is 30.2 Å². The molecule has 1 atom stereocenters. The van der Waals surface area contributed by atoms with Gasteiger partial charge in [-0.3, -0.25) is 5.10 Å². The second kappa shape index (κ2) is 6.02. The van der Waals surface area contributed by atoms with Gasteiger partial charge in [-0.1, -0.05) is 19.0 Å². The molecule has 1 aliphatic heterocycles. The fourth-order valence-corrected chi connectivity index (χ4v) is 2.82. The zero-order chi connectivity index (χ0) is 16.6. The summed E-state index contributed by atoms with van der Waals surface area (Å²) in [5.74, 6) is 2.62. The van der Waals surface area contributed by atoms with Crippen molar-refractivity contribution in [3.8, 4) is 0 Å². The first kappa shape index (κ1) is 15.5. The second-order valence-electron chi connectivity index (χ2n) is 6.30. The van der Waals surface area contributed by atoms with Gasteiger partial charge in [-0.25, -0.2) is 9.78 Å². The molecule has 0 radical (unpaired) electrons. The topological polar surface area (TPSA) is 99.9 Å². The number of H-pyrrole nitrogens is 1. The van der Waals surface area contributed by atoms with Gasteiger partial charge in [0.05, 0.1) is 0 Å². The van der Waals surface area contributed by atoms with Gasteiger partial charge in [0.2, 0.25) is 0 Å². The number of carbonyl (C=O) groups is 1. The van der Waals surface area contributed by atoms with Gasteiger partial charge in [0.15, 0.2) is 11.6 Å². The summed E-state index contributed by atoms with van der Waals surface area (Å²) in [7, 11) is 0. The number of amides is 2. The van der Waals surface area contributed by atoms with Crippen molar-refractivity contribution in [2.45, 2.75) is 46.0 Å². The summed E-state index contributed by atoms with van der Waals surface area (Å²) in [5.41, 5.74) is 1.38. The summed E-state index contributed by atoms with van der Waals surface area (Å²) < 4.78 is 5.31. The van der Waals surface area contributed by atoms with Crippen LogP contribution in [0.2, 0.25) is 0 Å². The Kier molecular flexibility index (Phi) is 4.06. The number of aromatic nitrogens is 4. The SMILES string of the molecule is Cc1nc(C2CCN(C(=O)Nc3c(C)noc3C(C)C)C2)n[nH]1. The molecule has 0 aromatic carbocycles. The van der Waals surface area contributed by atoms with Crippen LogP contribution in [-0.4, -0.2) is 44.4 Å². The van der Waals surface area contributed by atoms with Crippen LogP contribution in [0.3, 0.4) is 0 Å². The van der Waals surface area contributed by atoms with Crippen molar-refractivity contribution in [3.63, 3.8) is 0 Å². The van der Waals surface area contributed by atoms with Crippen LogP contribution in [0, 0.1) is 13.8 Å². The number of carbonyl (C=O) groups excluding carboxylic acids is 1. The quantitative estimate of drug-likeness (QED) is 0.906. The monoisotopic (exact) mass is 318 g/mol. The molecule has 0 spiro atoms. The number of hydrogen-bond acceptors (Lipinski definition) is 5. The molecule has 0 bridgehead atoms. The molecule has 1 unspecified atom stereocenters. The fourth-order valence-electron chi connectivity index (χ4n) is 2.82. The van der Waals surface area contributed by atoms with E-state index in [9.17, 15) is 4.79 Å². The van der Waals surface area contributed by atoms with Crippen molar-refractivity contribution in [2.75, 3.05) is 18.4 Å². The number of aryl methyl sites for hydroxylation is 2. The maximum Gasteiger partial charge on any atom is 0.322 e. The molecule has 1 saturated heterocycles. The largest absolute Gasteiger partial charge is 0.359 e. The van der Waals surface area contributed by atoms with Crippen LogP contribution in [0.15, 0.2) is 4.52 Å². The molecule has 2 aromatic rings. The van der Waals surface area contributed by atoms with Crippen molar-refractivity contribution in [1.82, 2.24) is 25.2 Å². The van der Waals surface area contributed by atoms with Crippen LogP contribution in [0.1, 0.15) is 55.2 Å². The number of likely N-dealkylation sites (tertiary alicyclic amines) is 1. The van der Waals surface area contributed by atoms with Gasteiger partial charge < -0.3 is 14.7 Å². The van der Waals surface area contributed by atoms with E-state index in [0.717, 1.165) is 18.1 Å². The van der Waals surface area contributed by atoms with Gasteiger partial charge in [-0.15, -0.1) is 0 Å². The van der Waals surface area contributed by atoms with Gasteiger partial charge in [0.1, 0.15) is 17.2 Å². The van der Waals surface area contributed by atoms with Crippen molar-refractivity contribution in [1.29, 1.82) is 0 Å². The molecular formula is C15H22N6O2. The normalized spacial score (nSPS) is 18.0. The van der Waals surface area contributed by atoms with E-state index in [1.807, 2.05) is 27.7 Å². The van der Waals surface area contributed by atoms with E-state index >= 15 is 0 Å². The highest BCUT2D eigenvalue weighted by Gasteiger charge is 2.31. The Labute approximate surface area is 134 Å². The van der Waals surface area contributed by atoms with Crippen molar-refractivity contribution < 1.29 is 9.32 Å². The number of urea groups is 1. The van der Waals surface area contributed by atoms with Crippen LogP contribution in [0.25, 0.3) is 0 Å². The lowest BCUT2D eigenvalue weighted by atomic mass is 10.1. The molecule has 0 aliphatic carbocycles. The van der Waals surface area contributed by atoms with Gasteiger partial charge in [-0.2, -0.15) is 5.10 Å². The Morgan fingerprint density at radius 2 is 2.22 bits per heavy atom. The molecule has 1 fully saturated rings. The first-order chi connectivity index (χ1) is 11.0. The lowest BCUT2D eigenvalue weighted by Crippen LogP contribution is -2.33. The smallest absolute Gasteiger partial charge is 0.322 e. The van der Waals surface area contributed by atoms with Crippen molar-refractivity contribution in [3.05, 3.63) is 23.1 Å². The third kappa shape index (κ3) is 3.06. The number of anilines is 1. The fraction of sp³-hybridized carbons (Fsp3) is 0.600. The highest BCUT2D eigenvalue weighted by atomic mass is 16.5. The summed E-state index contributed by atoms with van der Waals surface area (Å²) in [4.78, 5) is 18.7. The zero-order valence-corrected chi connectivity index (χ0v) is 13.9. The molecule has 23 heavy (non-hydrogen) atoms. The predicted octanol–water partition coefficient (Wildman–Crippen LogP) is 2.55. The summed E-state index contributed by atoms with van der Waals surface area (Å²) in [5, 5.41) is 13.9. The molecule has 3 rings (SSSR count). The number of nitrogens with one attached hydrogen (secondary N) is 2. The van der Waals surface area contributed by atoms with Gasteiger partial charge in [0.25, 0.3) is 0 Å². The average molecular weight is 318 g/mol. The van der Waals surface area contributed by atoms with Crippen LogP contribution in [0.4, 0.5) is 10.5 Å². The maximum atomic E-state index is 12.5. The molecule has 2 aromatic heterocycles. The molecule has 2 amide bonds. The standard InChI is InChI=1S/C15H22N6O2/c1-8(2)13-12(9(3)20-23-13)17-15(22)21-6-5-11(7-21)14-16-10(4)18-19-14/h8,11H,5-7H2,1-4H3,(H,17,22)(H,16,18,19). The Morgan fingerprint density at radius 1 is 1.43 bits per heavy atom. The summed E-state index contributed by atoms with van der Waals surface area (Å²) in [6, 6.07) is -0.132. The average Bonchev–Trinajstić information content (AvgIpc) is 3.19. The summed E-state index contributed by atoms with van der Waals surface area (Å²) in [6.45, 7) is 9.02. The minimum Gasteiger partial charge on any atom is -0.359 e. The third-order valence-corrected chi connectivity index (χ3v) is 4.10. The molecule has 124 valence electrons. The minimum atomic E-state index is -0.132. The van der Waals surface area contributed by atoms with Crippen LogP contribution >= 0.6 is 0 Å². The van der Waals surface area contributed by atoms with Gasteiger partial charge in [0, 0.05) is 24.9 Å². The van der Waals surface area contributed by atoms with Crippen molar-refractivity contribution in [2.24, 2.45) is 0 Å². The third-order valence-electron chi connectivity index (χ3n) is 4.10. The Balaban J connectivity index is 1.67. The van der Waals surface area contributed by atoms with Gasteiger partial charge >= 0.3 is 6.03 Å². The van der Waals surface area contributed by atoms with E-state index in [-0.39, 0.29) is 17.9 Å². The number of aromatic amines is 1. The van der Waals surface area contributed by atoms with E-state index in [4.69, 9.17) is 4.52 Å². The first-order valence-corrected chi connectivity index (χ1v) is 7.86. The molecule has 8 heteroatoms. The van der Waals surface area contributed by atoms with Gasteiger partial charge in [-0.05, 0) is 20.3 Å². The molecule has 3 heterocycles. The number of nitrogens with zero attached hydrogens (tertiary/aromatic N) is 4. The Morgan fingerprint density at radius 3 is 2.87 bits per heavy atom. The first-order valence-electron chi connectivity index (χ1n) is 7.86.